The van der Waals surface area contributed by atoms with Gasteiger partial charge in [-0.25, -0.2) is 4.79 Å². The fourth-order valence-corrected chi connectivity index (χ4v) is 2.61. The van der Waals surface area contributed by atoms with Crippen molar-refractivity contribution in [2.45, 2.75) is 32.6 Å². The summed E-state index contributed by atoms with van der Waals surface area (Å²) in [5.74, 6) is -0.922. The molecule has 3 nitrogen and oxygen atoms in total. The van der Waals surface area contributed by atoms with Crippen LogP contribution in [0, 0.1) is 0 Å². The molecular weight excluding hydrogens is 262 g/mol. The van der Waals surface area contributed by atoms with E-state index in [4.69, 9.17) is 0 Å². The van der Waals surface area contributed by atoms with E-state index in [1.54, 1.807) is 16.8 Å². The van der Waals surface area contributed by atoms with Gasteiger partial charge in [-0.1, -0.05) is 56.7 Å². The standard InChI is InChI=1S/C18H21NO2/c1-3-5-7-12-15-13-16(18(20)21)19(4-2)17(15)14-10-8-6-9-11-14/h4,6,8-11,13H,2-3,5,7,12H2,1H3,(H,20,21). The Bertz CT molecular complexity index is 626. The van der Waals surface area contributed by atoms with E-state index in [1.165, 1.54) is 0 Å². The third-order valence-electron chi connectivity index (χ3n) is 3.61. The van der Waals surface area contributed by atoms with Gasteiger partial charge in [0.1, 0.15) is 5.69 Å². The first-order valence-electron chi connectivity index (χ1n) is 7.34. The summed E-state index contributed by atoms with van der Waals surface area (Å²) in [6.07, 6.45) is 5.83. The minimum atomic E-state index is -0.922. The molecule has 1 heterocycles. The molecule has 3 heteroatoms. The molecule has 0 atom stereocenters. The van der Waals surface area contributed by atoms with Gasteiger partial charge in [-0.3, -0.25) is 0 Å². The van der Waals surface area contributed by atoms with Gasteiger partial charge in [0.2, 0.25) is 0 Å². The molecule has 0 bridgehead atoms. The third-order valence-corrected chi connectivity index (χ3v) is 3.61. The maximum absolute atomic E-state index is 11.4. The number of carboxylic acid groups (broad SMARTS) is 1. The van der Waals surface area contributed by atoms with Crippen LogP contribution in [0.5, 0.6) is 0 Å². The summed E-state index contributed by atoms with van der Waals surface area (Å²) < 4.78 is 1.68. The monoisotopic (exact) mass is 283 g/mol. The highest BCUT2D eigenvalue weighted by molar-refractivity contribution is 5.89. The van der Waals surface area contributed by atoms with E-state index in [2.05, 4.69) is 13.5 Å². The number of hydrogen-bond acceptors (Lipinski definition) is 1. The van der Waals surface area contributed by atoms with Gasteiger partial charge >= 0.3 is 5.97 Å². The van der Waals surface area contributed by atoms with Crippen LogP contribution in [0.25, 0.3) is 17.5 Å². The molecule has 0 aliphatic rings. The van der Waals surface area contributed by atoms with E-state index in [-0.39, 0.29) is 5.69 Å². The van der Waals surface area contributed by atoms with Crippen LogP contribution in [0.15, 0.2) is 43.0 Å². The minimum Gasteiger partial charge on any atom is -0.477 e. The molecule has 0 fully saturated rings. The second kappa shape index (κ2) is 6.93. The predicted molar refractivity (Wildman–Crippen MR) is 86.4 cm³/mol. The zero-order valence-corrected chi connectivity index (χ0v) is 12.4. The number of aryl methyl sites for hydroxylation is 1. The number of benzene rings is 1. The van der Waals surface area contributed by atoms with Gasteiger partial charge in [0.25, 0.3) is 0 Å². The van der Waals surface area contributed by atoms with Crippen molar-refractivity contribution in [2.75, 3.05) is 0 Å². The zero-order chi connectivity index (χ0) is 15.2. The van der Waals surface area contributed by atoms with Gasteiger partial charge in [0, 0.05) is 6.20 Å². The van der Waals surface area contributed by atoms with Crippen molar-refractivity contribution in [1.82, 2.24) is 4.57 Å². The lowest BCUT2D eigenvalue weighted by atomic mass is 10.0. The largest absolute Gasteiger partial charge is 0.477 e. The van der Waals surface area contributed by atoms with Crippen LogP contribution in [0.1, 0.15) is 42.2 Å². The molecule has 0 aliphatic carbocycles. The number of rotatable bonds is 7. The van der Waals surface area contributed by atoms with E-state index in [0.29, 0.717) is 0 Å². The van der Waals surface area contributed by atoms with E-state index in [9.17, 15) is 9.90 Å². The smallest absolute Gasteiger partial charge is 0.352 e. The fraction of sp³-hybridized carbons (Fsp3) is 0.278. The van der Waals surface area contributed by atoms with Crippen LogP contribution in [-0.4, -0.2) is 15.6 Å². The maximum atomic E-state index is 11.4. The molecule has 0 spiro atoms. The van der Waals surface area contributed by atoms with E-state index < -0.39 is 5.97 Å². The number of nitrogens with zero attached hydrogens (tertiary/aromatic N) is 1. The molecule has 21 heavy (non-hydrogen) atoms. The van der Waals surface area contributed by atoms with Crippen molar-refractivity contribution in [3.05, 3.63) is 54.2 Å². The molecule has 1 aromatic heterocycles. The summed E-state index contributed by atoms with van der Waals surface area (Å²) in [6, 6.07) is 11.7. The molecule has 0 saturated carbocycles. The van der Waals surface area contributed by atoms with Gasteiger partial charge in [0.05, 0.1) is 5.69 Å². The van der Waals surface area contributed by atoms with Gasteiger partial charge in [-0.2, -0.15) is 0 Å². The second-order valence-corrected chi connectivity index (χ2v) is 5.08. The highest BCUT2D eigenvalue weighted by atomic mass is 16.4. The molecule has 0 radical (unpaired) electrons. The molecule has 2 aromatic rings. The van der Waals surface area contributed by atoms with Crippen LogP contribution in [0.2, 0.25) is 0 Å². The van der Waals surface area contributed by atoms with Crippen LogP contribution < -0.4 is 0 Å². The Morgan fingerprint density at radius 3 is 2.57 bits per heavy atom. The van der Waals surface area contributed by atoms with Gasteiger partial charge < -0.3 is 9.67 Å². The molecule has 110 valence electrons. The Labute approximate surface area is 125 Å². The van der Waals surface area contributed by atoms with Gasteiger partial charge in [-0.05, 0) is 30.0 Å². The number of aromatic nitrogens is 1. The van der Waals surface area contributed by atoms with Gasteiger partial charge in [0.15, 0.2) is 0 Å². The van der Waals surface area contributed by atoms with E-state index >= 15 is 0 Å². The first kappa shape index (κ1) is 15.1. The average Bonchev–Trinajstić information content (AvgIpc) is 2.87. The average molecular weight is 283 g/mol. The first-order valence-corrected chi connectivity index (χ1v) is 7.34. The summed E-state index contributed by atoms with van der Waals surface area (Å²) in [5.41, 5.74) is 3.32. The molecular formula is C18H21NO2. The number of carboxylic acids is 1. The lowest BCUT2D eigenvalue weighted by Gasteiger charge is -2.09. The van der Waals surface area contributed by atoms with Crippen molar-refractivity contribution in [2.24, 2.45) is 0 Å². The minimum absolute atomic E-state index is 0.273. The molecule has 0 amide bonds. The molecule has 0 saturated heterocycles. The number of carbonyl (C=O) groups is 1. The maximum Gasteiger partial charge on any atom is 0.352 e. The van der Waals surface area contributed by atoms with Crippen LogP contribution in [0.4, 0.5) is 0 Å². The summed E-state index contributed by atoms with van der Waals surface area (Å²) in [4.78, 5) is 11.4. The Morgan fingerprint density at radius 1 is 1.29 bits per heavy atom. The molecule has 2 rings (SSSR count). The van der Waals surface area contributed by atoms with Gasteiger partial charge in [-0.15, -0.1) is 0 Å². The van der Waals surface area contributed by atoms with Crippen molar-refractivity contribution >= 4 is 12.2 Å². The number of hydrogen-bond donors (Lipinski definition) is 1. The first-order chi connectivity index (χ1) is 10.2. The Kier molecular flexibility index (Phi) is 4.99. The van der Waals surface area contributed by atoms with Crippen molar-refractivity contribution in [1.29, 1.82) is 0 Å². The molecule has 1 N–H and O–H groups in total. The topological polar surface area (TPSA) is 42.2 Å². The molecule has 0 aliphatic heterocycles. The Morgan fingerprint density at radius 2 is 2.00 bits per heavy atom. The third kappa shape index (κ3) is 3.24. The predicted octanol–water partition coefficient (Wildman–Crippen LogP) is 4.69. The van der Waals surface area contributed by atoms with Crippen molar-refractivity contribution in [3.63, 3.8) is 0 Å². The van der Waals surface area contributed by atoms with E-state index in [0.717, 1.165) is 42.5 Å². The number of aromatic carboxylic acids is 1. The quantitative estimate of drug-likeness (QED) is 0.749. The summed E-state index contributed by atoms with van der Waals surface area (Å²) in [5, 5.41) is 9.38. The highest BCUT2D eigenvalue weighted by Crippen LogP contribution is 2.29. The Balaban J connectivity index is 2.52. The lowest BCUT2D eigenvalue weighted by Crippen LogP contribution is -2.04. The summed E-state index contributed by atoms with van der Waals surface area (Å²) in [7, 11) is 0. The fourth-order valence-electron chi connectivity index (χ4n) is 2.61. The summed E-state index contributed by atoms with van der Waals surface area (Å²) in [6.45, 7) is 5.93. The van der Waals surface area contributed by atoms with Crippen LogP contribution in [-0.2, 0) is 6.42 Å². The lowest BCUT2D eigenvalue weighted by molar-refractivity contribution is 0.0689. The van der Waals surface area contributed by atoms with Crippen LogP contribution >= 0.6 is 0 Å². The SMILES string of the molecule is C=Cn1c(C(=O)O)cc(CCCCC)c1-c1ccccc1. The normalized spacial score (nSPS) is 10.5. The zero-order valence-electron chi connectivity index (χ0n) is 12.4. The van der Waals surface area contributed by atoms with Crippen molar-refractivity contribution in [3.8, 4) is 11.3 Å². The number of unbranched alkanes of at least 4 members (excludes halogenated alkanes) is 2. The summed E-state index contributed by atoms with van der Waals surface area (Å²) >= 11 is 0. The molecule has 0 unspecified atom stereocenters. The van der Waals surface area contributed by atoms with Crippen molar-refractivity contribution < 1.29 is 9.90 Å². The molecule has 1 aromatic carbocycles. The van der Waals surface area contributed by atoms with Crippen LogP contribution in [0.3, 0.4) is 0 Å². The second-order valence-electron chi connectivity index (χ2n) is 5.08. The Hall–Kier alpha value is -2.29. The highest BCUT2D eigenvalue weighted by Gasteiger charge is 2.18. The van der Waals surface area contributed by atoms with E-state index in [1.807, 2.05) is 30.3 Å².